The number of methoxy groups -OCH3 is 6. The van der Waals surface area contributed by atoms with E-state index in [1.807, 2.05) is 30.4 Å². The number of rotatable bonds is 10. The molecule has 0 aromatic heterocycles. The maximum atomic E-state index is 11.4. The molecular formula is C27H30O7. The van der Waals surface area contributed by atoms with Gasteiger partial charge in [-0.2, -0.15) is 0 Å². The van der Waals surface area contributed by atoms with Gasteiger partial charge in [0.05, 0.1) is 42.7 Å². The first-order valence-corrected chi connectivity index (χ1v) is 10.5. The number of aliphatic hydroxyl groups excluding tert-OH is 1. The predicted molar refractivity (Wildman–Crippen MR) is 132 cm³/mol. The summed E-state index contributed by atoms with van der Waals surface area (Å²) in [5.41, 5.74) is 2.75. The average molecular weight is 467 g/mol. The Morgan fingerprint density at radius 2 is 1.03 bits per heavy atom. The van der Waals surface area contributed by atoms with Crippen LogP contribution < -0.4 is 28.4 Å². The zero-order chi connectivity index (χ0) is 24.7. The molecule has 1 unspecified atom stereocenters. The van der Waals surface area contributed by atoms with E-state index in [1.165, 1.54) is 0 Å². The molecule has 7 nitrogen and oxygen atoms in total. The second kappa shape index (κ2) is 11.3. The highest BCUT2D eigenvalue weighted by Gasteiger charge is 2.22. The lowest BCUT2D eigenvalue weighted by Crippen LogP contribution is -2.06. The van der Waals surface area contributed by atoms with E-state index >= 15 is 0 Å². The van der Waals surface area contributed by atoms with Gasteiger partial charge < -0.3 is 33.5 Å². The highest BCUT2D eigenvalue weighted by molar-refractivity contribution is 5.75. The molecule has 0 bridgehead atoms. The minimum absolute atomic E-state index is 0.483. The maximum absolute atomic E-state index is 11.4. The van der Waals surface area contributed by atoms with E-state index in [-0.39, 0.29) is 0 Å². The van der Waals surface area contributed by atoms with E-state index in [0.29, 0.717) is 51.2 Å². The van der Waals surface area contributed by atoms with Crippen molar-refractivity contribution in [1.29, 1.82) is 0 Å². The molecule has 0 saturated heterocycles. The van der Waals surface area contributed by atoms with Crippen LogP contribution in [0, 0.1) is 0 Å². The molecule has 0 aliphatic heterocycles. The Bertz CT molecular complexity index is 1110. The van der Waals surface area contributed by atoms with Crippen LogP contribution in [0.4, 0.5) is 0 Å². The molecule has 3 aromatic carbocycles. The highest BCUT2D eigenvalue weighted by Crippen LogP contribution is 2.39. The summed E-state index contributed by atoms with van der Waals surface area (Å²) >= 11 is 0. The fraction of sp³-hybridized carbons (Fsp3) is 0.259. The van der Waals surface area contributed by atoms with Crippen LogP contribution in [-0.4, -0.2) is 47.8 Å². The highest BCUT2D eigenvalue weighted by atomic mass is 16.5. The van der Waals surface area contributed by atoms with Crippen molar-refractivity contribution in [1.82, 2.24) is 0 Å². The molecule has 0 fully saturated rings. The number of aliphatic hydroxyl groups is 1. The topological polar surface area (TPSA) is 75.6 Å². The Labute approximate surface area is 200 Å². The molecule has 7 heteroatoms. The first-order chi connectivity index (χ1) is 16.5. The van der Waals surface area contributed by atoms with Gasteiger partial charge in [0.25, 0.3) is 0 Å². The van der Waals surface area contributed by atoms with Crippen LogP contribution in [0.25, 0.3) is 12.2 Å². The fourth-order valence-electron chi connectivity index (χ4n) is 3.60. The maximum Gasteiger partial charge on any atom is 0.129 e. The lowest BCUT2D eigenvalue weighted by molar-refractivity contribution is 0.213. The van der Waals surface area contributed by atoms with Crippen LogP contribution in [0.15, 0.2) is 48.5 Å². The van der Waals surface area contributed by atoms with Gasteiger partial charge in [0, 0.05) is 23.8 Å². The van der Waals surface area contributed by atoms with E-state index in [0.717, 1.165) is 5.56 Å². The van der Waals surface area contributed by atoms with Gasteiger partial charge in [0.2, 0.25) is 0 Å². The summed E-state index contributed by atoms with van der Waals surface area (Å²) in [6, 6.07) is 14.4. The van der Waals surface area contributed by atoms with Crippen molar-refractivity contribution in [2.24, 2.45) is 0 Å². The van der Waals surface area contributed by atoms with E-state index in [1.54, 1.807) is 73.0 Å². The minimum Gasteiger partial charge on any atom is -0.497 e. The van der Waals surface area contributed by atoms with E-state index in [2.05, 4.69) is 0 Å². The smallest absolute Gasteiger partial charge is 0.129 e. The molecular weight excluding hydrogens is 436 g/mol. The van der Waals surface area contributed by atoms with Crippen LogP contribution in [0.5, 0.6) is 34.5 Å². The second-order valence-electron chi connectivity index (χ2n) is 7.36. The summed E-state index contributed by atoms with van der Waals surface area (Å²) in [4.78, 5) is 0. The molecule has 3 rings (SSSR count). The van der Waals surface area contributed by atoms with Crippen LogP contribution >= 0.6 is 0 Å². The minimum atomic E-state index is -1.02. The van der Waals surface area contributed by atoms with Crippen LogP contribution in [-0.2, 0) is 0 Å². The summed E-state index contributed by atoms with van der Waals surface area (Å²) in [7, 11) is 9.47. The Morgan fingerprint density at radius 3 is 1.50 bits per heavy atom. The summed E-state index contributed by atoms with van der Waals surface area (Å²) in [5.74, 6) is 3.57. The van der Waals surface area contributed by atoms with Crippen molar-refractivity contribution in [2.75, 3.05) is 42.7 Å². The first-order valence-electron chi connectivity index (χ1n) is 10.5. The molecule has 1 atom stereocenters. The molecule has 0 aliphatic carbocycles. The Kier molecular flexibility index (Phi) is 8.27. The Hall–Kier alpha value is -3.84. The number of ether oxygens (including phenoxy) is 6. The summed E-state index contributed by atoms with van der Waals surface area (Å²) in [5, 5.41) is 11.4. The van der Waals surface area contributed by atoms with Crippen molar-refractivity contribution in [3.63, 3.8) is 0 Å². The molecule has 0 aliphatic rings. The third kappa shape index (κ3) is 5.55. The molecule has 0 heterocycles. The van der Waals surface area contributed by atoms with Crippen molar-refractivity contribution in [2.45, 2.75) is 6.10 Å². The number of hydrogen-bond donors (Lipinski definition) is 1. The number of hydrogen-bond acceptors (Lipinski definition) is 7. The van der Waals surface area contributed by atoms with E-state index in [9.17, 15) is 5.11 Å². The Morgan fingerprint density at radius 1 is 0.559 bits per heavy atom. The van der Waals surface area contributed by atoms with Crippen LogP contribution in [0.2, 0.25) is 0 Å². The largest absolute Gasteiger partial charge is 0.497 e. The second-order valence-corrected chi connectivity index (χ2v) is 7.36. The Balaban J connectivity index is 2.14. The molecule has 0 saturated carbocycles. The van der Waals surface area contributed by atoms with E-state index in [4.69, 9.17) is 28.4 Å². The standard InChI is InChI=1S/C27H30O7/c1-29-20-9-17(10-21(14-20)30-2)7-8-18-11-24(33-5)16-25(34-6)26(18)27(28)19-12-22(31-3)15-23(13-19)32-4/h7-16,27-28H,1-6H3/b8-7+. The van der Waals surface area contributed by atoms with Crippen LogP contribution in [0.3, 0.4) is 0 Å². The monoisotopic (exact) mass is 466 g/mol. The lowest BCUT2D eigenvalue weighted by atomic mass is 9.94. The predicted octanol–water partition coefficient (Wildman–Crippen LogP) is 4.99. The van der Waals surface area contributed by atoms with Crippen molar-refractivity contribution >= 4 is 12.2 Å². The summed E-state index contributed by atoms with van der Waals surface area (Å²) in [6.45, 7) is 0. The molecule has 1 N–H and O–H groups in total. The molecule has 3 aromatic rings. The number of benzene rings is 3. The third-order valence-electron chi connectivity index (χ3n) is 5.40. The van der Waals surface area contributed by atoms with E-state index < -0.39 is 6.10 Å². The van der Waals surface area contributed by atoms with Crippen LogP contribution in [0.1, 0.15) is 28.4 Å². The van der Waals surface area contributed by atoms with Gasteiger partial charge in [-0.15, -0.1) is 0 Å². The van der Waals surface area contributed by atoms with Gasteiger partial charge in [-0.25, -0.2) is 0 Å². The van der Waals surface area contributed by atoms with Crippen molar-refractivity contribution < 1.29 is 33.5 Å². The van der Waals surface area contributed by atoms with Crippen molar-refractivity contribution in [3.05, 3.63) is 70.8 Å². The average Bonchev–Trinajstić information content (AvgIpc) is 2.89. The molecule has 0 spiro atoms. The molecule has 0 amide bonds. The molecule has 180 valence electrons. The van der Waals surface area contributed by atoms with Gasteiger partial charge >= 0.3 is 0 Å². The summed E-state index contributed by atoms with van der Waals surface area (Å²) < 4.78 is 32.6. The normalized spacial score (nSPS) is 11.7. The SMILES string of the molecule is COc1cc(/C=C/c2cc(OC)cc(OC)c2C(O)c2cc(OC)cc(OC)c2)cc(OC)c1. The zero-order valence-electron chi connectivity index (χ0n) is 20.2. The first kappa shape index (κ1) is 24.8. The fourth-order valence-corrected chi connectivity index (χ4v) is 3.60. The lowest BCUT2D eigenvalue weighted by Gasteiger charge is -2.20. The molecule has 34 heavy (non-hydrogen) atoms. The van der Waals surface area contributed by atoms with Crippen molar-refractivity contribution in [3.8, 4) is 34.5 Å². The molecule has 0 radical (unpaired) electrons. The third-order valence-corrected chi connectivity index (χ3v) is 5.40. The van der Waals surface area contributed by atoms with Gasteiger partial charge in [0.1, 0.15) is 40.6 Å². The summed E-state index contributed by atoms with van der Waals surface area (Å²) in [6.07, 6.45) is 2.76. The van der Waals surface area contributed by atoms with Gasteiger partial charge in [-0.05, 0) is 47.0 Å². The van der Waals surface area contributed by atoms with Gasteiger partial charge in [-0.3, -0.25) is 0 Å². The zero-order valence-corrected chi connectivity index (χ0v) is 20.2. The van der Waals surface area contributed by atoms with Gasteiger partial charge in [-0.1, -0.05) is 12.2 Å². The van der Waals surface area contributed by atoms with Gasteiger partial charge in [0.15, 0.2) is 0 Å². The quantitative estimate of drug-likeness (QED) is 0.422.